The van der Waals surface area contributed by atoms with Crippen molar-refractivity contribution in [3.05, 3.63) is 65.2 Å². The van der Waals surface area contributed by atoms with Crippen LogP contribution in [0.1, 0.15) is 43.4 Å². The molecule has 0 heterocycles. The van der Waals surface area contributed by atoms with Crippen LogP contribution >= 0.6 is 0 Å². The Balaban J connectivity index is 2.12. The molecule has 2 aromatic rings. The van der Waals surface area contributed by atoms with Crippen molar-refractivity contribution in [1.29, 1.82) is 0 Å². The van der Waals surface area contributed by atoms with Gasteiger partial charge in [0.15, 0.2) is 6.61 Å². The monoisotopic (exact) mass is 410 g/mol. The van der Waals surface area contributed by atoms with Gasteiger partial charge in [-0.25, -0.2) is 0 Å². The average molecular weight is 411 g/mol. The molecular weight excluding hydrogens is 376 g/mol. The number of hydrogen-bond donors (Lipinski definition) is 1. The summed E-state index contributed by atoms with van der Waals surface area (Å²) in [4.78, 5) is 27.5. The summed E-state index contributed by atoms with van der Waals surface area (Å²) in [7, 11) is 0. The van der Waals surface area contributed by atoms with Crippen LogP contribution in [0.25, 0.3) is 0 Å². The van der Waals surface area contributed by atoms with Crippen LogP contribution in [-0.2, 0) is 16.0 Å². The number of benzene rings is 2. The van der Waals surface area contributed by atoms with Crippen molar-refractivity contribution in [1.82, 2.24) is 10.2 Å². The summed E-state index contributed by atoms with van der Waals surface area (Å²) < 4.78 is 5.82. The van der Waals surface area contributed by atoms with E-state index in [9.17, 15) is 9.59 Å². The highest BCUT2D eigenvalue weighted by atomic mass is 16.5. The van der Waals surface area contributed by atoms with Gasteiger partial charge in [0, 0.05) is 13.1 Å². The highest BCUT2D eigenvalue weighted by Gasteiger charge is 2.28. The second kappa shape index (κ2) is 12.0. The van der Waals surface area contributed by atoms with E-state index in [2.05, 4.69) is 5.32 Å². The van der Waals surface area contributed by atoms with Crippen LogP contribution in [0.15, 0.2) is 48.5 Å². The van der Waals surface area contributed by atoms with Gasteiger partial charge in [0.1, 0.15) is 11.8 Å². The second-order valence-electron chi connectivity index (χ2n) is 7.60. The van der Waals surface area contributed by atoms with E-state index in [4.69, 9.17) is 4.74 Å². The Morgan fingerprint density at radius 3 is 2.43 bits per heavy atom. The lowest BCUT2D eigenvalue weighted by Gasteiger charge is -2.30. The predicted octanol–water partition coefficient (Wildman–Crippen LogP) is 4.06. The summed E-state index contributed by atoms with van der Waals surface area (Å²) in [6.45, 7) is 8.92. The summed E-state index contributed by atoms with van der Waals surface area (Å²) in [6, 6.07) is 15.4. The quantitative estimate of drug-likeness (QED) is 0.608. The maximum Gasteiger partial charge on any atom is 0.261 e. The molecular formula is C25H34N2O3. The van der Waals surface area contributed by atoms with E-state index >= 15 is 0 Å². The zero-order valence-corrected chi connectivity index (χ0v) is 18.6. The number of nitrogens with zero attached hydrogens (tertiary/aromatic N) is 1. The van der Waals surface area contributed by atoms with Crippen LogP contribution in [-0.4, -0.2) is 42.5 Å². The first-order valence-corrected chi connectivity index (χ1v) is 10.8. The van der Waals surface area contributed by atoms with Crippen molar-refractivity contribution in [2.45, 2.75) is 53.0 Å². The van der Waals surface area contributed by atoms with Gasteiger partial charge in [-0.15, -0.1) is 0 Å². The van der Waals surface area contributed by atoms with Gasteiger partial charge in [-0.1, -0.05) is 61.9 Å². The molecule has 0 fully saturated rings. The molecule has 1 atom stereocenters. The fourth-order valence-electron chi connectivity index (χ4n) is 3.45. The Hall–Kier alpha value is -2.82. The molecule has 1 N–H and O–H groups in total. The Bertz CT molecular complexity index is 820. The molecule has 0 aliphatic carbocycles. The third-order valence-electron chi connectivity index (χ3n) is 5.10. The number of amides is 2. The Morgan fingerprint density at radius 1 is 1.07 bits per heavy atom. The lowest BCUT2D eigenvalue weighted by Crippen LogP contribution is -2.51. The molecule has 5 heteroatoms. The van der Waals surface area contributed by atoms with Gasteiger partial charge >= 0.3 is 0 Å². The number of hydrogen-bond acceptors (Lipinski definition) is 3. The first-order chi connectivity index (χ1) is 14.5. The Morgan fingerprint density at radius 2 is 1.80 bits per heavy atom. The SMILES string of the molecule is CCCNC(=O)[C@@H](CC)N(CCc1ccccc1)C(=O)COc1ccc(C)cc1C. The number of rotatable bonds is 11. The molecule has 2 aromatic carbocycles. The van der Waals surface area contributed by atoms with Crippen molar-refractivity contribution >= 4 is 11.8 Å². The Kier molecular flexibility index (Phi) is 9.39. The fraction of sp³-hybridized carbons (Fsp3) is 0.440. The van der Waals surface area contributed by atoms with E-state index < -0.39 is 6.04 Å². The highest BCUT2D eigenvalue weighted by molar-refractivity contribution is 5.88. The van der Waals surface area contributed by atoms with Crippen LogP contribution in [0, 0.1) is 13.8 Å². The van der Waals surface area contributed by atoms with Gasteiger partial charge in [-0.05, 0) is 50.3 Å². The minimum atomic E-state index is -0.504. The minimum absolute atomic E-state index is 0.0871. The number of aryl methyl sites for hydroxylation is 2. The minimum Gasteiger partial charge on any atom is -0.483 e. The molecule has 0 aliphatic heterocycles. The summed E-state index contributed by atoms with van der Waals surface area (Å²) in [5, 5.41) is 2.93. The third kappa shape index (κ3) is 6.90. The smallest absolute Gasteiger partial charge is 0.261 e. The molecule has 162 valence electrons. The number of carbonyl (C=O) groups is 2. The van der Waals surface area contributed by atoms with Gasteiger partial charge in [-0.3, -0.25) is 9.59 Å². The van der Waals surface area contributed by atoms with Gasteiger partial charge in [-0.2, -0.15) is 0 Å². The van der Waals surface area contributed by atoms with Gasteiger partial charge in [0.25, 0.3) is 5.91 Å². The van der Waals surface area contributed by atoms with Crippen molar-refractivity contribution in [2.24, 2.45) is 0 Å². The van der Waals surface area contributed by atoms with Gasteiger partial charge in [0.2, 0.25) is 5.91 Å². The molecule has 2 amide bonds. The Labute approximate surface area is 180 Å². The van der Waals surface area contributed by atoms with Crippen LogP contribution in [0.5, 0.6) is 5.75 Å². The number of nitrogens with one attached hydrogen (secondary N) is 1. The van der Waals surface area contributed by atoms with Crippen LogP contribution in [0.2, 0.25) is 0 Å². The van der Waals surface area contributed by atoms with E-state index in [-0.39, 0.29) is 18.4 Å². The second-order valence-corrected chi connectivity index (χ2v) is 7.60. The molecule has 2 rings (SSSR count). The van der Waals surface area contributed by atoms with Crippen molar-refractivity contribution in [3.8, 4) is 5.75 Å². The van der Waals surface area contributed by atoms with Crippen LogP contribution < -0.4 is 10.1 Å². The summed E-state index contributed by atoms with van der Waals surface area (Å²) in [5.41, 5.74) is 3.27. The average Bonchev–Trinajstić information content (AvgIpc) is 2.74. The van der Waals surface area contributed by atoms with E-state index in [0.717, 1.165) is 23.1 Å². The molecule has 0 unspecified atom stereocenters. The normalized spacial score (nSPS) is 11.6. The van der Waals surface area contributed by atoms with E-state index in [1.165, 1.54) is 0 Å². The summed E-state index contributed by atoms with van der Waals surface area (Å²) in [5.74, 6) is 0.414. The van der Waals surface area contributed by atoms with E-state index in [0.29, 0.717) is 31.7 Å². The molecule has 0 radical (unpaired) electrons. The highest BCUT2D eigenvalue weighted by Crippen LogP contribution is 2.19. The topological polar surface area (TPSA) is 58.6 Å². The molecule has 0 bridgehead atoms. The van der Waals surface area contributed by atoms with E-state index in [1.54, 1.807) is 4.90 Å². The van der Waals surface area contributed by atoms with Crippen molar-refractivity contribution < 1.29 is 14.3 Å². The predicted molar refractivity (Wildman–Crippen MR) is 121 cm³/mol. The number of carbonyl (C=O) groups excluding carboxylic acids is 2. The molecule has 0 aliphatic rings. The fourth-order valence-corrected chi connectivity index (χ4v) is 3.45. The van der Waals surface area contributed by atoms with Gasteiger partial charge in [0.05, 0.1) is 0 Å². The first-order valence-electron chi connectivity index (χ1n) is 10.8. The third-order valence-corrected chi connectivity index (χ3v) is 5.10. The molecule has 0 aromatic heterocycles. The van der Waals surface area contributed by atoms with Crippen molar-refractivity contribution in [2.75, 3.05) is 19.7 Å². The summed E-state index contributed by atoms with van der Waals surface area (Å²) in [6.07, 6.45) is 2.10. The lowest BCUT2D eigenvalue weighted by molar-refractivity contribution is -0.142. The van der Waals surface area contributed by atoms with Crippen molar-refractivity contribution in [3.63, 3.8) is 0 Å². The maximum absolute atomic E-state index is 13.1. The van der Waals surface area contributed by atoms with Crippen LogP contribution in [0.4, 0.5) is 0 Å². The molecule has 0 spiro atoms. The summed E-state index contributed by atoms with van der Waals surface area (Å²) >= 11 is 0. The zero-order chi connectivity index (χ0) is 21.9. The van der Waals surface area contributed by atoms with E-state index in [1.807, 2.05) is 76.2 Å². The maximum atomic E-state index is 13.1. The lowest BCUT2D eigenvalue weighted by atomic mass is 10.1. The molecule has 30 heavy (non-hydrogen) atoms. The number of ether oxygens (including phenoxy) is 1. The first kappa shape index (κ1) is 23.5. The zero-order valence-electron chi connectivity index (χ0n) is 18.6. The molecule has 0 saturated carbocycles. The van der Waals surface area contributed by atoms with Crippen LogP contribution in [0.3, 0.4) is 0 Å². The standard InChI is InChI=1S/C25H34N2O3/c1-5-15-26-25(29)22(6-2)27(16-14-21-10-8-7-9-11-21)24(28)18-30-23-13-12-19(3)17-20(23)4/h7-13,17,22H,5-6,14-16,18H2,1-4H3,(H,26,29)/t22-/m1/s1. The molecule has 5 nitrogen and oxygen atoms in total. The van der Waals surface area contributed by atoms with Gasteiger partial charge < -0.3 is 15.0 Å². The molecule has 0 saturated heterocycles. The largest absolute Gasteiger partial charge is 0.483 e.